The molecule has 1 heterocycles. The Kier molecular flexibility index (Phi) is 6.41. The van der Waals surface area contributed by atoms with Crippen LogP contribution in [0, 0.1) is 0 Å². The van der Waals surface area contributed by atoms with E-state index in [0.717, 1.165) is 22.3 Å². The highest BCUT2D eigenvalue weighted by Crippen LogP contribution is 2.44. The first-order chi connectivity index (χ1) is 15.5. The fourth-order valence-electron chi connectivity index (χ4n) is 4.41. The molecule has 32 heavy (non-hydrogen) atoms. The Hall–Kier alpha value is -3.39. The van der Waals surface area contributed by atoms with Crippen molar-refractivity contribution in [2.75, 3.05) is 26.9 Å². The van der Waals surface area contributed by atoms with Gasteiger partial charge in [0, 0.05) is 19.6 Å². The zero-order valence-corrected chi connectivity index (χ0v) is 17.8. The van der Waals surface area contributed by atoms with Gasteiger partial charge in [-0.25, -0.2) is 4.79 Å². The third-order valence-electron chi connectivity index (χ3n) is 6.11. The highest BCUT2D eigenvalue weighted by Gasteiger charge is 2.33. The average Bonchev–Trinajstić information content (AvgIpc) is 3.43. The Morgan fingerprint density at radius 2 is 1.75 bits per heavy atom. The second-order valence-corrected chi connectivity index (χ2v) is 8.09. The Balaban J connectivity index is 1.42. The number of rotatable bonds is 7. The quantitative estimate of drug-likeness (QED) is 0.689. The van der Waals surface area contributed by atoms with Crippen LogP contribution in [-0.2, 0) is 19.1 Å². The minimum atomic E-state index is -1.21. The number of carbonyl (C=O) groups excluding carboxylic acids is 2. The minimum Gasteiger partial charge on any atom is -0.481 e. The van der Waals surface area contributed by atoms with Crippen molar-refractivity contribution in [1.29, 1.82) is 0 Å². The number of benzene rings is 2. The molecule has 0 bridgehead atoms. The van der Waals surface area contributed by atoms with Crippen LogP contribution in [0.4, 0.5) is 4.79 Å². The molecule has 168 valence electrons. The number of carboxylic acids is 1. The Labute approximate surface area is 186 Å². The summed E-state index contributed by atoms with van der Waals surface area (Å²) in [4.78, 5) is 38.1. The first kappa shape index (κ1) is 21.8. The van der Waals surface area contributed by atoms with E-state index in [-0.39, 0.29) is 18.6 Å². The van der Waals surface area contributed by atoms with Crippen LogP contribution in [0.3, 0.4) is 0 Å². The van der Waals surface area contributed by atoms with Crippen LogP contribution in [0.2, 0.25) is 0 Å². The molecule has 2 aliphatic rings. The Morgan fingerprint density at radius 3 is 2.31 bits per heavy atom. The lowest BCUT2D eigenvalue weighted by molar-refractivity contribution is -0.142. The second-order valence-electron chi connectivity index (χ2n) is 8.09. The number of hydrogen-bond donors (Lipinski definition) is 2. The van der Waals surface area contributed by atoms with E-state index in [1.807, 2.05) is 48.5 Å². The van der Waals surface area contributed by atoms with Gasteiger partial charge >= 0.3 is 12.1 Å². The molecule has 1 fully saturated rings. The number of likely N-dealkylation sites (N-methyl/N-ethyl adjacent to an activating group) is 1. The van der Waals surface area contributed by atoms with Gasteiger partial charge in [-0.15, -0.1) is 0 Å². The molecule has 1 saturated heterocycles. The van der Waals surface area contributed by atoms with Gasteiger partial charge in [-0.2, -0.15) is 0 Å². The molecule has 2 aromatic carbocycles. The van der Waals surface area contributed by atoms with Crippen molar-refractivity contribution >= 4 is 18.0 Å². The average molecular weight is 438 g/mol. The number of aliphatic carboxylic acids is 1. The normalized spacial score (nSPS) is 17.8. The van der Waals surface area contributed by atoms with Crippen molar-refractivity contribution in [2.24, 2.45) is 0 Å². The van der Waals surface area contributed by atoms with E-state index in [0.29, 0.717) is 19.6 Å². The monoisotopic (exact) mass is 438 g/mol. The predicted molar refractivity (Wildman–Crippen MR) is 116 cm³/mol. The summed E-state index contributed by atoms with van der Waals surface area (Å²) < 4.78 is 10.8. The molecule has 2 unspecified atom stereocenters. The molecule has 0 radical (unpaired) electrons. The summed E-state index contributed by atoms with van der Waals surface area (Å²) in [5.41, 5.74) is 4.36. The first-order valence-corrected chi connectivity index (χ1v) is 10.6. The van der Waals surface area contributed by atoms with Crippen LogP contribution in [0.5, 0.6) is 0 Å². The van der Waals surface area contributed by atoms with Crippen LogP contribution < -0.4 is 5.32 Å². The SMILES string of the molecule is CN(C(=O)C(CC(=O)O)NC(=O)OCC1c2ccccc2-c2ccccc21)C1CCOC1. The summed E-state index contributed by atoms with van der Waals surface area (Å²) in [6.07, 6.45) is -0.670. The molecule has 0 saturated carbocycles. The molecule has 1 aliphatic carbocycles. The molecule has 2 aromatic rings. The molecular weight excluding hydrogens is 412 g/mol. The van der Waals surface area contributed by atoms with Gasteiger partial charge in [0.05, 0.1) is 19.1 Å². The third kappa shape index (κ3) is 4.45. The second kappa shape index (κ2) is 9.40. The van der Waals surface area contributed by atoms with E-state index >= 15 is 0 Å². The number of carbonyl (C=O) groups is 3. The lowest BCUT2D eigenvalue weighted by Gasteiger charge is -2.27. The Bertz CT molecular complexity index is 972. The van der Waals surface area contributed by atoms with Crippen LogP contribution >= 0.6 is 0 Å². The van der Waals surface area contributed by atoms with Crippen molar-refractivity contribution in [2.45, 2.75) is 30.8 Å². The van der Waals surface area contributed by atoms with E-state index < -0.39 is 30.4 Å². The molecule has 8 heteroatoms. The minimum absolute atomic E-state index is 0.0835. The maximum atomic E-state index is 12.8. The zero-order chi connectivity index (χ0) is 22.7. The largest absolute Gasteiger partial charge is 0.481 e. The number of hydrogen-bond acceptors (Lipinski definition) is 5. The molecule has 0 aromatic heterocycles. The van der Waals surface area contributed by atoms with E-state index in [1.54, 1.807) is 7.05 Å². The van der Waals surface area contributed by atoms with Gasteiger partial charge in [0.25, 0.3) is 0 Å². The van der Waals surface area contributed by atoms with Crippen LogP contribution in [0.25, 0.3) is 11.1 Å². The lowest BCUT2D eigenvalue weighted by atomic mass is 9.98. The fraction of sp³-hybridized carbons (Fsp3) is 0.375. The highest BCUT2D eigenvalue weighted by molar-refractivity contribution is 5.89. The summed E-state index contributed by atoms with van der Waals surface area (Å²) in [7, 11) is 1.59. The van der Waals surface area contributed by atoms with Crippen LogP contribution in [-0.4, -0.2) is 66.9 Å². The van der Waals surface area contributed by atoms with Gasteiger partial charge in [-0.1, -0.05) is 48.5 Å². The maximum absolute atomic E-state index is 12.8. The molecule has 4 rings (SSSR count). The summed E-state index contributed by atoms with van der Waals surface area (Å²) in [5.74, 6) is -1.78. The van der Waals surface area contributed by atoms with Crippen molar-refractivity contribution in [3.05, 3.63) is 59.7 Å². The van der Waals surface area contributed by atoms with Gasteiger partial charge in [-0.3, -0.25) is 9.59 Å². The molecular formula is C24H26N2O6. The number of amides is 2. The summed E-state index contributed by atoms with van der Waals surface area (Å²) in [6, 6.07) is 14.6. The van der Waals surface area contributed by atoms with Gasteiger partial charge in [0.2, 0.25) is 5.91 Å². The number of nitrogens with one attached hydrogen (secondary N) is 1. The molecule has 8 nitrogen and oxygen atoms in total. The van der Waals surface area contributed by atoms with Gasteiger partial charge in [0.15, 0.2) is 0 Å². The van der Waals surface area contributed by atoms with E-state index in [1.165, 1.54) is 4.90 Å². The van der Waals surface area contributed by atoms with E-state index in [4.69, 9.17) is 9.47 Å². The van der Waals surface area contributed by atoms with Crippen molar-refractivity contribution in [3.63, 3.8) is 0 Å². The molecule has 1 aliphatic heterocycles. The molecule has 2 atom stereocenters. The van der Waals surface area contributed by atoms with Crippen molar-refractivity contribution in [1.82, 2.24) is 10.2 Å². The smallest absolute Gasteiger partial charge is 0.407 e. The van der Waals surface area contributed by atoms with Crippen LogP contribution in [0.15, 0.2) is 48.5 Å². The summed E-state index contributed by atoms with van der Waals surface area (Å²) >= 11 is 0. The number of alkyl carbamates (subject to hydrolysis) is 1. The van der Waals surface area contributed by atoms with Gasteiger partial charge in [0.1, 0.15) is 12.6 Å². The van der Waals surface area contributed by atoms with Crippen LogP contribution in [0.1, 0.15) is 29.9 Å². The third-order valence-corrected chi connectivity index (χ3v) is 6.11. The van der Waals surface area contributed by atoms with Crippen molar-refractivity contribution < 1.29 is 29.0 Å². The Morgan fingerprint density at radius 1 is 1.12 bits per heavy atom. The summed E-state index contributed by atoms with van der Waals surface area (Å²) in [5, 5.41) is 11.7. The predicted octanol–water partition coefficient (Wildman–Crippen LogP) is 2.62. The lowest BCUT2D eigenvalue weighted by Crippen LogP contribution is -2.51. The summed E-state index contributed by atoms with van der Waals surface area (Å²) in [6.45, 7) is 1.03. The fourth-order valence-corrected chi connectivity index (χ4v) is 4.41. The van der Waals surface area contributed by atoms with Crippen molar-refractivity contribution in [3.8, 4) is 11.1 Å². The molecule has 2 amide bonds. The molecule has 2 N–H and O–H groups in total. The molecule has 0 spiro atoms. The number of fused-ring (bicyclic) bond motifs is 3. The van der Waals surface area contributed by atoms with E-state index in [2.05, 4.69) is 5.32 Å². The van der Waals surface area contributed by atoms with E-state index in [9.17, 15) is 19.5 Å². The highest BCUT2D eigenvalue weighted by atomic mass is 16.5. The zero-order valence-electron chi connectivity index (χ0n) is 17.8. The van der Waals surface area contributed by atoms with Gasteiger partial charge < -0.3 is 24.8 Å². The number of ether oxygens (including phenoxy) is 2. The topological polar surface area (TPSA) is 105 Å². The standard InChI is InChI=1S/C24H26N2O6/c1-26(15-10-11-31-13-15)23(29)21(12-22(27)28)25-24(30)32-14-20-18-8-4-2-6-16(18)17-7-3-5-9-19(17)20/h2-9,15,20-21H,10-14H2,1H3,(H,25,30)(H,27,28). The maximum Gasteiger partial charge on any atom is 0.407 e. The number of nitrogens with zero attached hydrogens (tertiary/aromatic N) is 1. The first-order valence-electron chi connectivity index (χ1n) is 10.6. The van der Waals surface area contributed by atoms with Gasteiger partial charge in [-0.05, 0) is 28.7 Å². The number of carboxylic acid groups (broad SMARTS) is 1.